The lowest BCUT2D eigenvalue weighted by Gasteiger charge is -2.48. The molecule has 0 atom stereocenters. The lowest BCUT2D eigenvalue weighted by Crippen LogP contribution is -2.61. The first-order valence-corrected chi connectivity index (χ1v) is 8.49. The van der Waals surface area contributed by atoms with Crippen LogP contribution in [0.15, 0.2) is 28.9 Å². The first-order valence-electron chi connectivity index (χ1n) is 8.49. The van der Waals surface area contributed by atoms with Gasteiger partial charge in [-0.25, -0.2) is 9.18 Å². The molecule has 1 aromatic heterocycles. The van der Waals surface area contributed by atoms with Gasteiger partial charge in [-0.3, -0.25) is 0 Å². The van der Waals surface area contributed by atoms with Gasteiger partial charge in [-0.05, 0) is 46.8 Å². The molecule has 0 unspecified atom stereocenters. The van der Waals surface area contributed by atoms with Crippen LogP contribution in [0.25, 0.3) is 11.0 Å². The number of nitrogens with zero attached hydrogens (tertiary/aromatic N) is 2. The molecule has 6 heteroatoms. The predicted octanol–water partition coefficient (Wildman–Crippen LogP) is 4.41. The zero-order valence-corrected chi connectivity index (χ0v) is 15.4. The maximum absolute atomic E-state index is 14.0. The highest BCUT2D eigenvalue weighted by molar-refractivity contribution is 5.90. The van der Waals surface area contributed by atoms with Crippen molar-refractivity contribution >= 4 is 22.7 Å². The van der Waals surface area contributed by atoms with Gasteiger partial charge in [0.15, 0.2) is 5.58 Å². The second-order valence-electron chi connectivity index (χ2n) is 8.13. The minimum absolute atomic E-state index is 0.297. The van der Waals surface area contributed by atoms with E-state index in [4.69, 9.17) is 9.15 Å². The summed E-state index contributed by atoms with van der Waals surface area (Å²) in [6.07, 6.45) is 1.25. The monoisotopic (exact) mass is 348 g/mol. The molecule has 1 saturated heterocycles. The Kier molecular flexibility index (Phi) is 4.17. The van der Waals surface area contributed by atoms with E-state index in [1.807, 2.05) is 34.6 Å². The molecule has 1 aromatic carbocycles. The van der Waals surface area contributed by atoms with E-state index in [1.54, 1.807) is 17.2 Å². The van der Waals surface area contributed by atoms with Crippen LogP contribution in [0, 0.1) is 5.82 Å². The van der Waals surface area contributed by atoms with Crippen LogP contribution in [0.5, 0.6) is 0 Å². The topological polar surface area (TPSA) is 45.9 Å². The Labute approximate surface area is 147 Å². The third-order valence-electron chi connectivity index (χ3n) is 4.34. The quantitative estimate of drug-likeness (QED) is 0.766. The second kappa shape index (κ2) is 5.93. The van der Waals surface area contributed by atoms with Crippen LogP contribution in [0.4, 0.5) is 14.9 Å². The van der Waals surface area contributed by atoms with Crippen LogP contribution >= 0.6 is 0 Å². The molecular formula is C19H25FN2O3. The van der Waals surface area contributed by atoms with Crippen LogP contribution in [0.2, 0.25) is 0 Å². The Balaban J connectivity index is 1.86. The van der Waals surface area contributed by atoms with E-state index >= 15 is 0 Å². The zero-order valence-electron chi connectivity index (χ0n) is 15.4. The first-order chi connectivity index (χ1) is 11.6. The van der Waals surface area contributed by atoms with Crippen molar-refractivity contribution in [2.45, 2.75) is 45.8 Å². The smallest absolute Gasteiger partial charge is 0.410 e. The molecule has 0 N–H and O–H groups in total. The number of furan rings is 1. The minimum Gasteiger partial charge on any atom is -0.462 e. The summed E-state index contributed by atoms with van der Waals surface area (Å²) in [4.78, 5) is 16.2. The van der Waals surface area contributed by atoms with E-state index < -0.39 is 5.60 Å². The number of halogens is 1. The number of hydrogen-bond acceptors (Lipinski definition) is 4. The summed E-state index contributed by atoms with van der Waals surface area (Å²) in [5, 5.41) is 0.736. The molecule has 0 radical (unpaired) electrons. The van der Waals surface area contributed by atoms with Crippen molar-refractivity contribution in [1.82, 2.24) is 4.90 Å². The number of rotatable bonds is 1. The van der Waals surface area contributed by atoms with Gasteiger partial charge in [-0.15, -0.1) is 0 Å². The highest BCUT2D eigenvalue weighted by Crippen LogP contribution is 2.35. The molecule has 0 aliphatic carbocycles. The Morgan fingerprint density at radius 3 is 2.64 bits per heavy atom. The van der Waals surface area contributed by atoms with Crippen molar-refractivity contribution in [1.29, 1.82) is 0 Å². The molecule has 1 amide bonds. The fraction of sp³-hybridized carbons (Fsp3) is 0.526. The maximum atomic E-state index is 14.0. The third-order valence-corrected chi connectivity index (χ3v) is 4.34. The fourth-order valence-corrected chi connectivity index (χ4v) is 3.31. The number of piperazine rings is 1. The van der Waals surface area contributed by atoms with Gasteiger partial charge in [-0.2, -0.15) is 0 Å². The van der Waals surface area contributed by atoms with E-state index in [-0.39, 0.29) is 17.4 Å². The highest BCUT2D eigenvalue weighted by Gasteiger charge is 2.38. The third kappa shape index (κ3) is 3.57. The summed E-state index contributed by atoms with van der Waals surface area (Å²) in [6, 6.07) is 4.72. The van der Waals surface area contributed by atoms with Gasteiger partial charge < -0.3 is 19.0 Å². The normalized spacial score (nSPS) is 17.8. The Bertz CT molecular complexity index is 792. The standard InChI is InChI=1S/C19H25FN2O3/c1-18(2,3)25-17(23)21-7-8-22(19(4,5)12-21)15-11-14(20)10-13-6-9-24-16(13)15/h6,9-11H,7-8,12H2,1-5H3. The highest BCUT2D eigenvalue weighted by atomic mass is 19.1. The zero-order chi connectivity index (χ0) is 18.4. The largest absolute Gasteiger partial charge is 0.462 e. The van der Waals surface area contributed by atoms with E-state index in [9.17, 15) is 9.18 Å². The number of carbonyl (C=O) groups is 1. The summed E-state index contributed by atoms with van der Waals surface area (Å²) in [6.45, 7) is 11.2. The van der Waals surface area contributed by atoms with Gasteiger partial charge >= 0.3 is 6.09 Å². The number of carbonyl (C=O) groups excluding carboxylic acids is 1. The van der Waals surface area contributed by atoms with Crippen molar-refractivity contribution in [3.63, 3.8) is 0 Å². The summed E-state index contributed by atoms with van der Waals surface area (Å²) < 4.78 is 25.1. The van der Waals surface area contributed by atoms with Crippen molar-refractivity contribution in [3.8, 4) is 0 Å². The average Bonchev–Trinajstić information content (AvgIpc) is 2.91. The lowest BCUT2D eigenvalue weighted by atomic mass is 9.97. The SMILES string of the molecule is CC(C)(C)OC(=O)N1CCN(c2cc(F)cc3ccoc23)C(C)(C)C1. The van der Waals surface area contributed by atoms with Gasteiger partial charge in [0.1, 0.15) is 11.4 Å². The lowest BCUT2D eigenvalue weighted by molar-refractivity contribution is 0.0179. The summed E-state index contributed by atoms with van der Waals surface area (Å²) in [5.74, 6) is -0.297. The van der Waals surface area contributed by atoms with E-state index in [2.05, 4.69) is 4.90 Å². The molecule has 25 heavy (non-hydrogen) atoms. The van der Waals surface area contributed by atoms with Crippen molar-refractivity contribution in [3.05, 3.63) is 30.3 Å². The molecule has 2 aromatic rings. The minimum atomic E-state index is -0.527. The van der Waals surface area contributed by atoms with Crippen LogP contribution in [0.3, 0.4) is 0 Å². The number of amides is 1. The van der Waals surface area contributed by atoms with Crippen LogP contribution < -0.4 is 4.90 Å². The Hall–Kier alpha value is -2.24. The molecule has 136 valence electrons. The van der Waals surface area contributed by atoms with Crippen LogP contribution in [-0.2, 0) is 4.74 Å². The number of benzene rings is 1. The average molecular weight is 348 g/mol. The molecule has 1 fully saturated rings. The van der Waals surface area contributed by atoms with Gasteiger partial charge in [-0.1, -0.05) is 0 Å². The number of ether oxygens (including phenoxy) is 1. The molecule has 0 bridgehead atoms. The van der Waals surface area contributed by atoms with Gasteiger partial charge in [0.2, 0.25) is 0 Å². The molecular weight excluding hydrogens is 323 g/mol. The van der Waals surface area contributed by atoms with Crippen molar-refractivity contribution < 1.29 is 18.3 Å². The summed E-state index contributed by atoms with van der Waals surface area (Å²) in [5.41, 5.74) is 0.471. The number of hydrogen-bond donors (Lipinski definition) is 0. The number of anilines is 1. The molecule has 1 aliphatic heterocycles. The summed E-state index contributed by atoms with van der Waals surface area (Å²) in [7, 11) is 0. The fourth-order valence-electron chi connectivity index (χ4n) is 3.31. The molecule has 3 rings (SSSR count). The maximum Gasteiger partial charge on any atom is 0.410 e. The molecule has 0 spiro atoms. The molecule has 5 nitrogen and oxygen atoms in total. The number of fused-ring (bicyclic) bond motifs is 1. The first kappa shape index (κ1) is 17.6. The van der Waals surface area contributed by atoms with E-state index in [1.165, 1.54) is 12.1 Å². The summed E-state index contributed by atoms with van der Waals surface area (Å²) >= 11 is 0. The molecule has 0 saturated carbocycles. The van der Waals surface area contributed by atoms with E-state index in [0.29, 0.717) is 30.9 Å². The van der Waals surface area contributed by atoms with Gasteiger partial charge in [0, 0.05) is 31.1 Å². The van der Waals surface area contributed by atoms with Gasteiger partial charge in [0.25, 0.3) is 0 Å². The van der Waals surface area contributed by atoms with Crippen molar-refractivity contribution in [2.75, 3.05) is 24.5 Å². The molecule has 1 aliphatic rings. The van der Waals surface area contributed by atoms with E-state index in [0.717, 1.165) is 5.39 Å². The Morgan fingerprint density at radius 1 is 1.28 bits per heavy atom. The van der Waals surface area contributed by atoms with Crippen LogP contribution in [0.1, 0.15) is 34.6 Å². The second-order valence-corrected chi connectivity index (χ2v) is 8.13. The Morgan fingerprint density at radius 2 is 2.00 bits per heavy atom. The molecule has 2 heterocycles. The van der Waals surface area contributed by atoms with Crippen molar-refractivity contribution in [2.24, 2.45) is 0 Å². The van der Waals surface area contributed by atoms with Crippen LogP contribution in [-0.4, -0.2) is 41.8 Å². The predicted molar refractivity (Wildman–Crippen MR) is 95.4 cm³/mol. The van der Waals surface area contributed by atoms with Gasteiger partial charge in [0.05, 0.1) is 17.5 Å².